The first-order valence-electron chi connectivity index (χ1n) is 11.3. The van der Waals surface area contributed by atoms with Crippen molar-refractivity contribution in [2.75, 3.05) is 0 Å². The van der Waals surface area contributed by atoms with E-state index in [9.17, 15) is 9.59 Å². The third-order valence-electron chi connectivity index (χ3n) is 5.91. The van der Waals surface area contributed by atoms with Crippen LogP contribution in [0.5, 0.6) is 0 Å². The van der Waals surface area contributed by atoms with Crippen LogP contribution >= 0.6 is 0 Å². The zero-order valence-electron chi connectivity index (χ0n) is 19.7. The molecule has 0 spiro atoms. The van der Waals surface area contributed by atoms with Crippen molar-refractivity contribution in [1.29, 1.82) is 0 Å². The van der Waals surface area contributed by atoms with Gasteiger partial charge in [0, 0.05) is 18.5 Å². The van der Waals surface area contributed by atoms with Gasteiger partial charge < -0.3 is 9.64 Å². The normalized spacial score (nSPS) is 18.7. The molecular formula is C28H33NO3. The second-order valence-electron chi connectivity index (χ2n) is 8.67. The van der Waals surface area contributed by atoms with Crippen molar-refractivity contribution in [3.63, 3.8) is 0 Å². The number of hydrogen-bond donors (Lipinski definition) is 0. The zero-order valence-corrected chi connectivity index (χ0v) is 19.7. The molecule has 0 aliphatic carbocycles. The van der Waals surface area contributed by atoms with Crippen LogP contribution in [0.25, 0.3) is 6.08 Å². The molecular weight excluding hydrogens is 398 g/mol. The number of esters is 1. The zero-order chi connectivity index (χ0) is 23.3. The standard InChI is InChI=1S/C28H33NO3/c1-6-10-26(30)32-27-24(14-13-23-11-8-7-9-12-23)22(5)17-29(28(27)31)18-25-20(3)15-19(2)16-21(25)4/h7-9,11-17,24,27H,6,10,18H2,1-5H3. The van der Waals surface area contributed by atoms with Crippen molar-refractivity contribution < 1.29 is 14.3 Å². The number of benzene rings is 2. The fraction of sp³-hybridized carbons (Fsp3) is 0.357. The van der Waals surface area contributed by atoms with E-state index in [1.807, 2.05) is 62.5 Å². The van der Waals surface area contributed by atoms with Gasteiger partial charge in [-0.2, -0.15) is 0 Å². The lowest BCUT2D eigenvalue weighted by molar-refractivity contribution is -0.162. The summed E-state index contributed by atoms with van der Waals surface area (Å²) in [7, 11) is 0. The second kappa shape index (κ2) is 10.4. The van der Waals surface area contributed by atoms with E-state index in [0.717, 1.165) is 27.8 Å². The molecule has 168 valence electrons. The molecule has 0 radical (unpaired) electrons. The molecule has 1 aliphatic heterocycles. The number of ether oxygens (including phenoxy) is 1. The number of aryl methyl sites for hydroxylation is 3. The van der Waals surface area contributed by atoms with Gasteiger partial charge in [0.1, 0.15) is 0 Å². The first kappa shape index (κ1) is 23.5. The predicted molar refractivity (Wildman–Crippen MR) is 129 cm³/mol. The highest BCUT2D eigenvalue weighted by atomic mass is 16.5. The van der Waals surface area contributed by atoms with Gasteiger partial charge in [-0.3, -0.25) is 9.59 Å². The molecule has 32 heavy (non-hydrogen) atoms. The Labute approximate surface area is 191 Å². The number of amides is 1. The van der Waals surface area contributed by atoms with Gasteiger partial charge >= 0.3 is 5.97 Å². The van der Waals surface area contributed by atoms with Gasteiger partial charge in [-0.15, -0.1) is 0 Å². The molecule has 0 bridgehead atoms. The Kier molecular flexibility index (Phi) is 7.68. The molecule has 2 aromatic carbocycles. The van der Waals surface area contributed by atoms with Crippen molar-refractivity contribution in [2.24, 2.45) is 5.92 Å². The molecule has 1 aliphatic rings. The molecule has 4 nitrogen and oxygen atoms in total. The average Bonchev–Trinajstić information content (AvgIpc) is 2.74. The molecule has 0 N–H and O–H groups in total. The minimum Gasteiger partial charge on any atom is -0.451 e. The van der Waals surface area contributed by atoms with Crippen LogP contribution in [0.15, 0.2) is 60.3 Å². The number of rotatable bonds is 7. The van der Waals surface area contributed by atoms with Gasteiger partial charge in [-0.25, -0.2) is 0 Å². The van der Waals surface area contributed by atoms with Crippen molar-refractivity contribution in [3.05, 3.63) is 88.1 Å². The first-order chi connectivity index (χ1) is 15.3. The molecule has 2 aromatic rings. The summed E-state index contributed by atoms with van der Waals surface area (Å²) in [4.78, 5) is 27.6. The third kappa shape index (κ3) is 5.56. The summed E-state index contributed by atoms with van der Waals surface area (Å²) in [5.74, 6) is -0.802. The van der Waals surface area contributed by atoms with Crippen LogP contribution in [-0.4, -0.2) is 22.9 Å². The monoisotopic (exact) mass is 431 g/mol. The lowest BCUT2D eigenvalue weighted by Gasteiger charge is -2.35. The number of carbonyl (C=O) groups is 2. The van der Waals surface area contributed by atoms with Gasteiger partial charge in [0.05, 0.1) is 6.54 Å². The number of carbonyl (C=O) groups excluding carboxylic acids is 2. The maximum atomic E-state index is 13.5. The molecule has 3 rings (SSSR count). The van der Waals surface area contributed by atoms with E-state index in [2.05, 4.69) is 32.9 Å². The number of hydrogen-bond acceptors (Lipinski definition) is 3. The quantitative estimate of drug-likeness (QED) is 0.513. The minimum atomic E-state index is -0.856. The Balaban J connectivity index is 1.93. The van der Waals surface area contributed by atoms with E-state index in [1.165, 1.54) is 5.56 Å². The summed E-state index contributed by atoms with van der Waals surface area (Å²) < 4.78 is 5.74. The van der Waals surface area contributed by atoms with Crippen LogP contribution in [0, 0.1) is 26.7 Å². The Morgan fingerprint density at radius 1 is 1.06 bits per heavy atom. The van der Waals surface area contributed by atoms with Crippen LogP contribution in [0.4, 0.5) is 0 Å². The molecule has 4 heteroatoms. The average molecular weight is 432 g/mol. The summed E-state index contributed by atoms with van der Waals surface area (Å²) in [5, 5.41) is 0. The van der Waals surface area contributed by atoms with Gasteiger partial charge in [0.25, 0.3) is 5.91 Å². The van der Waals surface area contributed by atoms with Crippen molar-refractivity contribution in [1.82, 2.24) is 4.90 Å². The Morgan fingerprint density at radius 2 is 1.72 bits per heavy atom. The smallest absolute Gasteiger partial charge is 0.306 e. The summed E-state index contributed by atoms with van der Waals surface area (Å²) in [6.45, 7) is 10.6. The van der Waals surface area contributed by atoms with Crippen LogP contribution in [0.1, 0.15) is 54.5 Å². The molecule has 0 saturated carbocycles. The van der Waals surface area contributed by atoms with Crippen LogP contribution < -0.4 is 0 Å². The molecule has 0 aromatic heterocycles. The third-order valence-corrected chi connectivity index (χ3v) is 5.91. The van der Waals surface area contributed by atoms with E-state index in [4.69, 9.17) is 4.74 Å². The Morgan fingerprint density at radius 3 is 2.34 bits per heavy atom. The van der Waals surface area contributed by atoms with Gasteiger partial charge in [-0.05, 0) is 61.9 Å². The highest BCUT2D eigenvalue weighted by Crippen LogP contribution is 2.30. The summed E-state index contributed by atoms with van der Waals surface area (Å²) in [6, 6.07) is 14.2. The maximum absolute atomic E-state index is 13.5. The van der Waals surface area contributed by atoms with Gasteiger partial charge in [0.15, 0.2) is 6.10 Å². The van der Waals surface area contributed by atoms with E-state index < -0.39 is 6.10 Å². The molecule has 0 saturated heterocycles. The fourth-order valence-corrected chi connectivity index (χ4v) is 4.26. The highest BCUT2D eigenvalue weighted by Gasteiger charge is 2.38. The SMILES string of the molecule is CCCC(=O)OC1C(=O)N(Cc2c(C)cc(C)cc2C)C=C(C)C1C=Cc1ccccc1. The second-order valence-corrected chi connectivity index (χ2v) is 8.67. The van der Waals surface area contributed by atoms with Crippen molar-refractivity contribution >= 4 is 18.0 Å². The molecule has 2 atom stereocenters. The largest absolute Gasteiger partial charge is 0.451 e. The summed E-state index contributed by atoms with van der Waals surface area (Å²) >= 11 is 0. The Hall–Kier alpha value is -3.14. The van der Waals surface area contributed by atoms with Crippen molar-refractivity contribution in [3.8, 4) is 0 Å². The molecule has 1 heterocycles. The van der Waals surface area contributed by atoms with E-state index >= 15 is 0 Å². The topological polar surface area (TPSA) is 46.6 Å². The number of nitrogens with zero attached hydrogens (tertiary/aromatic N) is 1. The van der Waals surface area contributed by atoms with Crippen LogP contribution in [0.3, 0.4) is 0 Å². The van der Waals surface area contributed by atoms with E-state index in [-0.39, 0.29) is 17.8 Å². The van der Waals surface area contributed by atoms with E-state index in [0.29, 0.717) is 19.4 Å². The predicted octanol–water partition coefficient (Wildman–Crippen LogP) is 5.90. The fourth-order valence-electron chi connectivity index (χ4n) is 4.26. The highest BCUT2D eigenvalue weighted by molar-refractivity contribution is 5.87. The lowest BCUT2D eigenvalue weighted by atomic mass is 9.89. The summed E-state index contributed by atoms with van der Waals surface area (Å²) in [6.07, 6.45) is 6.00. The maximum Gasteiger partial charge on any atom is 0.306 e. The molecule has 0 fully saturated rings. The van der Waals surface area contributed by atoms with Crippen LogP contribution in [0.2, 0.25) is 0 Å². The summed E-state index contributed by atoms with van der Waals surface area (Å²) in [5.41, 5.74) is 6.69. The molecule has 2 unspecified atom stereocenters. The Bertz CT molecular complexity index is 1010. The first-order valence-corrected chi connectivity index (χ1v) is 11.3. The lowest BCUT2D eigenvalue weighted by Crippen LogP contribution is -2.46. The molecule has 1 amide bonds. The van der Waals surface area contributed by atoms with Gasteiger partial charge in [-0.1, -0.05) is 67.1 Å². The van der Waals surface area contributed by atoms with Crippen LogP contribution in [-0.2, 0) is 20.9 Å². The van der Waals surface area contributed by atoms with Gasteiger partial charge in [0.2, 0.25) is 0 Å². The van der Waals surface area contributed by atoms with E-state index in [1.54, 1.807) is 4.90 Å². The minimum absolute atomic E-state index is 0.179. The van der Waals surface area contributed by atoms with Crippen molar-refractivity contribution in [2.45, 2.75) is 60.1 Å².